The number of alkyl halides is 3. The zero-order valence-electron chi connectivity index (χ0n) is 18.4. The summed E-state index contributed by atoms with van der Waals surface area (Å²) in [6, 6.07) is 3.20. The molecule has 2 saturated heterocycles. The SMILES string of the molecule is O=C(NC1CCC1)[C@@H]1CO[C@@H]2CCN(C(=O)Cc3ccc(F)cn3)C[C@@H]2C1.O=C(O)C(F)(F)F. The number of carboxylic acid groups (broad SMARTS) is 1. The molecule has 0 bridgehead atoms. The number of piperidine rings is 1. The summed E-state index contributed by atoms with van der Waals surface area (Å²) in [5.41, 5.74) is 0.571. The van der Waals surface area contributed by atoms with Crippen molar-refractivity contribution in [2.24, 2.45) is 11.8 Å². The number of pyridine rings is 1. The lowest BCUT2D eigenvalue weighted by molar-refractivity contribution is -0.192. The first-order valence-corrected chi connectivity index (χ1v) is 11.1. The first-order valence-electron chi connectivity index (χ1n) is 11.1. The largest absolute Gasteiger partial charge is 0.490 e. The lowest BCUT2D eigenvalue weighted by atomic mass is 9.82. The topological polar surface area (TPSA) is 109 Å². The fourth-order valence-corrected chi connectivity index (χ4v) is 4.19. The molecule has 1 aromatic heterocycles. The maximum atomic E-state index is 13.0. The van der Waals surface area contributed by atoms with Crippen LogP contribution in [-0.2, 0) is 25.5 Å². The number of fused-ring (bicyclic) bond motifs is 1. The summed E-state index contributed by atoms with van der Waals surface area (Å²) >= 11 is 0. The molecule has 34 heavy (non-hydrogen) atoms. The van der Waals surface area contributed by atoms with Crippen molar-refractivity contribution in [3.63, 3.8) is 0 Å². The van der Waals surface area contributed by atoms with Crippen LogP contribution < -0.4 is 5.32 Å². The molecule has 0 spiro atoms. The van der Waals surface area contributed by atoms with E-state index in [-0.39, 0.29) is 36.2 Å². The normalized spacial score (nSPS) is 24.7. The molecule has 2 amide bonds. The highest BCUT2D eigenvalue weighted by Crippen LogP contribution is 2.32. The lowest BCUT2D eigenvalue weighted by Crippen LogP contribution is -2.53. The van der Waals surface area contributed by atoms with Gasteiger partial charge in [0.05, 0.1) is 31.2 Å². The molecule has 3 atom stereocenters. The van der Waals surface area contributed by atoms with Crippen molar-refractivity contribution in [1.29, 1.82) is 0 Å². The van der Waals surface area contributed by atoms with Gasteiger partial charge in [0.2, 0.25) is 11.8 Å². The van der Waals surface area contributed by atoms with Crippen LogP contribution in [0.1, 0.15) is 37.8 Å². The van der Waals surface area contributed by atoms with Gasteiger partial charge in [-0.1, -0.05) is 0 Å². The third-order valence-corrected chi connectivity index (χ3v) is 6.30. The Morgan fingerprint density at radius 3 is 2.47 bits per heavy atom. The van der Waals surface area contributed by atoms with Crippen molar-refractivity contribution in [1.82, 2.24) is 15.2 Å². The van der Waals surface area contributed by atoms with Gasteiger partial charge < -0.3 is 20.1 Å². The number of nitrogens with zero attached hydrogens (tertiary/aromatic N) is 2. The summed E-state index contributed by atoms with van der Waals surface area (Å²) in [7, 11) is 0. The predicted octanol–water partition coefficient (Wildman–Crippen LogP) is 2.32. The number of hydrogen-bond donors (Lipinski definition) is 2. The van der Waals surface area contributed by atoms with Crippen LogP contribution in [0.4, 0.5) is 17.6 Å². The van der Waals surface area contributed by atoms with Crippen LogP contribution in [0.5, 0.6) is 0 Å². The summed E-state index contributed by atoms with van der Waals surface area (Å²) in [4.78, 5) is 39.8. The maximum Gasteiger partial charge on any atom is 0.490 e. The molecule has 8 nitrogen and oxygen atoms in total. The Morgan fingerprint density at radius 2 is 1.91 bits per heavy atom. The van der Waals surface area contributed by atoms with Gasteiger partial charge in [-0.25, -0.2) is 9.18 Å². The molecular weight excluding hydrogens is 462 g/mol. The smallest absolute Gasteiger partial charge is 0.475 e. The van der Waals surface area contributed by atoms with E-state index >= 15 is 0 Å². The molecule has 3 fully saturated rings. The molecule has 2 aliphatic heterocycles. The van der Waals surface area contributed by atoms with Crippen LogP contribution >= 0.6 is 0 Å². The number of aliphatic carboxylic acids is 1. The van der Waals surface area contributed by atoms with Gasteiger partial charge in [0.25, 0.3) is 0 Å². The number of carboxylic acids is 1. The zero-order valence-corrected chi connectivity index (χ0v) is 18.4. The number of likely N-dealkylation sites (tertiary alicyclic amines) is 1. The van der Waals surface area contributed by atoms with Gasteiger partial charge in [-0.05, 0) is 44.2 Å². The van der Waals surface area contributed by atoms with Gasteiger partial charge in [-0.2, -0.15) is 13.2 Å². The summed E-state index contributed by atoms with van der Waals surface area (Å²) in [6.45, 7) is 1.74. The van der Waals surface area contributed by atoms with Gasteiger partial charge >= 0.3 is 12.1 Å². The average molecular weight is 489 g/mol. The van der Waals surface area contributed by atoms with Crippen molar-refractivity contribution in [2.75, 3.05) is 19.7 Å². The Bertz CT molecular complexity index is 876. The van der Waals surface area contributed by atoms with E-state index in [1.165, 1.54) is 12.5 Å². The fourth-order valence-electron chi connectivity index (χ4n) is 4.19. The molecule has 4 rings (SSSR count). The van der Waals surface area contributed by atoms with Crippen LogP contribution in [0.3, 0.4) is 0 Å². The van der Waals surface area contributed by atoms with Gasteiger partial charge in [0.1, 0.15) is 5.82 Å². The second-order valence-electron chi connectivity index (χ2n) is 8.78. The fraction of sp³-hybridized carbons (Fsp3) is 0.636. The van der Waals surface area contributed by atoms with E-state index in [0.29, 0.717) is 31.4 Å². The highest BCUT2D eigenvalue weighted by molar-refractivity contribution is 5.80. The minimum absolute atomic E-state index is 0.00592. The Morgan fingerprint density at radius 1 is 1.21 bits per heavy atom. The van der Waals surface area contributed by atoms with Crippen LogP contribution in [-0.4, -0.2) is 70.8 Å². The van der Waals surface area contributed by atoms with Crippen molar-refractivity contribution < 1.29 is 41.8 Å². The number of halogens is 4. The molecule has 1 aliphatic carbocycles. The number of carbonyl (C=O) groups excluding carboxylic acids is 2. The second kappa shape index (κ2) is 11.1. The van der Waals surface area contributed by atoms with Crippen LogP contribution in [0.25, 0.3) is 0 Å². The minimum Gasteiger partial charge on any atom is -0.475 e. The summed E-state index contributed by atoms with van der Waals surface area (Å²) < 4.78 is 50.7. The molecule has 3 aliphatic rings. The van der Waals surface area contributed by atoms with Crippen molar-refractivity contribution in [3.05, 3.63) is 29.8 Å². The summed E-state index contributed by atoms with van der Waals surface area (Å²) in [5.74, 6) is -3.01. The van der Waals surface area contributed by atoms with Gasteiger partial charge in [0.15, 0.2) is 0 Å². The van der Waals surface area contributed by atoms with E-state index in [4.69, 9.17) is 14.6 Å². The quantitative estimate of drug-likeness (QED) is 0.629. The number of nitrogens with one attached hydrogen (secondary N) is 1. The number of aromatic nitrogens is 1. The maximum absolute atomic E-state index is 13.0. The van der Waals surface area contributed by atoms with E-state index < -0.39 is 18.0 Å². The molecule has 1 aromatic rings. The van der Waals surface area contributed by atoms with Crippen LogP contribution in [0.15, 0.2) is 18.3 Å². The summed E-state index contributed by atoms with van der Waals surface area (Å²) in [6.07, 6.45) is 1.25. The monoisotopic (exact) mass is 489 g/mol. The number of hydrogen-bond acceptors (Lipinski definition) is 5. The molecule has 0 unspecified atom stereocenters. The van der Waals surface area contributed by atoms with E-state index in [2.05, 4.69) is 10.3 Å². The van der Waals surface area contributed by atoms with Crippen molar-refractivity contribution in [3.8, 4) is 0 Å². The number of carbonyl (C=O) groups is 3. The first kappa shape index (κ1) is 25.9. The van der Waals surface area contributed by atoms with Gasteiger partial charge in [0, 0.05) is 30.7 Å². The Labute approximate surface area is 193 Å². The Hall–Kier alpha value is -2.76. The summed E-state index contributed by atoms with van der Waals surface area (Å²) in [5, 5.41) is 10.2. The van der Waals surface area contributed by atoms with Crippen molar-refractivity contribution >= 4 is 17.8 Å². The second-order valence-corrected chi connectivity index (χ2v) is 8.78. The third-order valence-electron chi connectivity index (χ3n) is 6.30. The van der Waals surface area contributed by atoms with E-state index in [1.54, 1.807) is 6.07 Å². The Kier molecular flexibility index (Phi) is 8.45. The highest BCUT2D eigenvalue weighted by Gasteiger charge is 2.40. The number of ether oxygens (including phenoxy) is 1. The molecule has 0 radical (unpaired) electrons. The predicted molar refractivity (Wildman–Crippen MR) is 110 cm³/mol. The van der Waals surface area contributed by atoms with E-state index in [1.807, 2.05) is 4.90 Å². The van der Waals surface area contributed by atoms with Crippen molar-refractivity contribution in [2.45, 2.75) is 56.8 Å². The van der Waals surface area contributed by atoms with E-state index in [9.17, 15) is 27.2 Å². The van der Waals surface area contributed by atoms with Crippen LogP contribution in [0, 0.1) is 17.7 Å². The molecule has 0 aromatic carbocycles. The minimum atomic E-state index is -5.08. The third kappa shape index (κ3) is 7.12. The van der Waals surface area contributed by atoms with E-state index in [0.717, 1.165) is 31.9 Å². The standard InChI is InChI=1S/C20H26FN3O3.C2HF3O2/c21-15-4-5-17(22-10-15)9-19(25)24-7-6-18-13(11-24)8-14(12-27-18)20(26)23-16-2-1-3-16;3-2(4,5)1(6)7/h4-5,10,13-14,16,18H,1-3,6-9,11-12H2,(H,23,26);(H,6,7)/t13-,14-,18+;/m0./s1. The molecule has 188 valence electrons. The Balaban J connectivity index is 0.000000406. The average Bonchev–Trinajstić information content (AvgIpc) is 2.76. The zero-order chi connectivity index (χ0) is 24.9. The molecule has 3 heterocycles. The molecule has 12 heteroatoms. The molecule has 2 N–H and O–H groups in total. The van der Waals surface area contributed by atoms with Crippen LogP contribution in [0.2, 0.25) is 0 Å². The van der Waals surface area contributed by atoms with Gasteiger partial charge in [-0.3, -0.25) is 14.6 Å². The molecular formula is C22H27F4N3O5. The highest BCUT2D eigenvalue weighted by atomic mass is 19.4. The number of amides is 2. The first-order chi connectivity index (χ1) is 16.0. The lowest BCUT2D eigenvalue weighted by Gasteiger charge is -2.43. The number of rotatable bonds is 4. The van der Waals surface area contributed by atoms with Gasteiger partial charge in [-0.15, -0.1) is 0 Å². The molecule has 1 saturated carbocycles.